The Morgan fingerprint density at radius 3 is 2.00 bits per heavy atom. The molecule has 6 aliphatic heterocycles. The number of unbranched alkanes of at least 4 members (excludes halogenated alkanes) is 6. The van der Waals surface area contributed by atoms with E-state index in [9.17, 15) is 73.6 Å². The van der Waals surface area contributed by atoms with Gasteiger partial charge in [-0.2, -0.15) is 8.42 Å². The fraction of sp³-hybridized carbons (Fsp3) is 0.831. The standard InChI is InChI=1S/C71H118O24S/c1-6-7-30-55-58(91-55)36-46(4)32-34-56-54(90-56)31-20-14-12-10-8-9-11-13-17-23-44(2)25-21-26-45(3)24-18-15-16-19-27-48(74)28-22-29-51(89-71-68(83)66(81)64(79)62(94-71)43-87-70-67(82)65(80)63(78)61(42-72)93-70)39-49(75)38-50(76)40-52-33-35-57(88-52)59-41-53(77)69(95-96(84,85)86)60(92-59)37-47(5)73/h6,8,10,13,17,21,25,44-45,47,49,51-73,75,77-83H,1,4,7,9,11-12,14-16,18-20,22-24,26-43H2,2-3,5H3,(H,84,85,86)/b10-8+,17-13+,25-21+/t44-,45+,47+,49+,51+,52-,53-,54-,55-,56-,57+,58-,59-,60-,61-,62-,63-,64-,65+,66+,67-,68-,69+,70-,71-/m1/s1. The van der Waals surface area contributed by atoms with Crippen LogP contribution in [0, 0.1) is 11.8 Å². The molecular weight excluding hydrogens is 1270 g/mol. The number of ether oxygens (including phenoxy) is 8. The number of Topliss-reactive ketones (excluding diaryl/α,β-unsaturated/α-hetero) is 2. The van der Waals surface area contributed by atoms with Crippen LogP contribution in [0.25, 0.3) is 0 Å². The second-order valence-corrected chi connectivity index (χ2v) is 29.1. The first-order chi connectivity index (χ1) is 45.8. The van der Waals surface area contributed by atoms with Crippen molar-refractivity contribution < 1.29 is 116 Å². The Kier molecular flexibility index (Phi) is 36.4. The number of allylic oxidation sites excluding steroid dienone is 7. The minimum Gasteiger partial charge on any atom is -0.394 e. The van der Waals surface area contributed by atoms with Gasteiger partial charge in [0.15, 0.2) is 12.6 Å². The van der Waals surface area contributed by atoms with Gasteiger partial charge in [0.05, 0.1) is 86.5 Å². The Morgan fingerprint density at radius 2 is 1.27 bits per heavy atom. The number of carbonyl (C=O) groups is 2. The third-order valence-electron chi connectivity index (χ3n) is 19.3. The van der Waals surface area contributed by atoms with Crippen LogP contribution in [0.15, 0.2) is 61.3 Å². The Balaban J connectivity index is 0.855. The molecule has 25 atom stereocenters. The monoisotopic (exact) mass is 1390 g/mol. The van der Waals surface area contributed by atoms with Crippen molar-refractivity contribution in [1.29, 1.82) is 0 Å². The SMILES string of the molecule is C=CCC[C@H]1O[C@@H]1CC(=C)CC[C@H]1O[C@@H]1CCCC/C=C/CC/C=C/C[C@@H](C)/C=C/C[C@@H](C)CCCCCCC(=O)CCC[C@@H](C[C@@H](O)CC(=O)C[C@H]1CC[C@@H]([C@H]2C[C@@H](O)[C@H](OS(=O)(=O)O)[C@@H](C[C@H](C)O)O2)O1)O[C@@H]1O[C@H](CO[C@@H]2O[C@H](CO)[C@@H](O)[C@H](O)[C@H]2O)[C@@H](O)[C@H](O)[C@H]1O. The Labute approximate surface area is 569 Å². The van der Waals surface area contributed by atoms with E-state index in [2.05, 4.69) is 63.5 Å². The first-order valence-corrected chi connectivity index (χ1v) is 37.1. The van der Waals surface area contributed by atoms with Crippen LogP contribution in [-0.2, 0) is 62.1 Å². The molecule has 0 bridgehead atoms. The number of ketones is 2. The molecule has 11 N–H and O–H groups in total. The lowest BCUT2D eigenvalue weighted by Crippen LogP contribution is -2.62. The number of aliphatic hydroxyl groups excluding tert-OH is 10. The van der Waals surface area contributed by atoms with Crippen LogP contribution in [-0.4, -0.2) is 230 Å². The number of rotatable bonds is 49. The molecule has 6 heterocycles. The molecule has 0 radical (unpaired) electrons. The molecule has 24 nitrogen and oxygen atoms in total. The van der Waals surface area contributed by atoms with Gasteiger partial charge in [0.2, 0.25) is 0 Å². The summed E-state index contributed by atoms with van der Waals surface area (Å²) in [5.74, 6) is 0.669. The van der Waals surface area contributed by atoms with E-state index in [1.807, 2.05) is 6.08 Å². The van der Waals surface area contributed by atoms with E-state index in [0.29, 0.717) is 61.9 Å². The first-order valence-electron chi connectivity index (χ1n) is 35.7. The zero-order chi connectivity index (χ0) is 69.9. The number of hydrogen-bond acceptors (Lipinski definition) is 23. The zero-order valence-corrected chi connectivity index (χ0v) is 57.8. The highest BCUT2D eigenvalue weighted by Crippen LogP contribution is 2.38. The quantitative estimate of drug-likeness (QED) is 0.0134. The molecule has 0 aromatic heterocycles. The predicted molar refractivity (Wildman–Crippen MR) is 355 cm³/mol. The predicted octanol–water partition coefficient (Wildman–Crippen LogP) is 6.49. The van der Waals surface area contributed by atoms with Crippen molar-refractivity contribution in [2.24, 2.45) is 11.8 Å². The van der Waals surface area contributed by atoms with Gasteiger partial charge in [0.1, 0.15) is 66.5 Å². The van der Waals surface area contributed by atoms with Gasteiger partial charge in [-0.15, -0.1) is 6.58 Å². The summed E-state index contributed by atoms with van der Waals surface area (Å²) in [6, 6.07) is 0. The summed E-state index contributed by atoms with van der Waals surface area (Å²) in [5, 5.41) is 106. The molecule has 552 valence electrons. The normalized spacial score (nSPS) is 34.1. The Morgan fingerprint density at radius 1 is 0.604 bits per heavy atom. The molecule has 6 fully saturated rings. The molecule has 6 rings (SSSR count). The summed E-state index contributed by atoms with van der Waals surface area (Å²) in [6.45, 7) is 12.7. The molecule has 0 spiro atoms. The number of carbonyl (C=O) groups excluding carboxylic acids is 2. The number of epoxide rings is 2. The van der Waals surface area contributed by atoms with Crippen LogP contribution in [0.5, 0.6) is 0 Å². The first kappa shape index (κ1) is 82.1. The Hall–Kier alpha value is -2.81. The average molecular weight is 1390 g/mol. The summed E-state index contributed by atoms with van der Waals surface area (Å²) in [4.78, 5) is 26.7. The second kappa shape index (κ2) is 42.6. The molecule has 0 saturated carbocycles. The topological polar surface area (TPSA) is 380 Å². The molecular formula is C71H118O24S. The van der Waals surface area contributed by atoms with Gasteiger partial charge in [0.25, 0.3) is 0 Å². The van der Waals surface area contributed by atoms with E-state index >= 15 is 0 Å². The minimum absolute atomic E-state index is 0.0347. The number of aliphatic hydroxyl groups is 10. The molecule has 96 heavy (non-hydrogen) atoms. The van der Waals surface area contributed by atoms with E-state index < -0.39 is 140 Å². The van der Waals surface area contributed by atoms with Crippen LogP contribution in [0.3, 0.4) is 0 Å². The lowest BCUT2D eigenvalue weighted by atomic mass is 9.91. The van der Waals surface area contributed by atoms with Gasteiger partial charge < -0.3 is 89.0 Å². The van der Waals surface area contributed by atoms with Crippen molar-refractivity contribution in [3.05, 3.63) is 61.3 Å². The van der Waals surface area contributed by atoms with Gasteiger partial charge in [-0.25, -0.2) is 4.18 Å². The molecule has 0 aliphatic carbocycles. The van der Waals surface area contributed by atoms with E-state index in [0.717, 1.165) is 103 Å². The van der Waals surface area contributed by atoms with Crippen LogP contribution in [0.2, 0.25) is 0 Å². The van der Waals surface area contributed by atoms with Crippen molar-refractivity contribution in [2.45, 2.75) is 348 Å². The van der Waals surface area contributed by atoms with Gasteiger partial charge in [-0.05, 0) is 128 Å². The fourth-order valence-corrected chi connectivity index (χ4v) is 14.0. The summed E-state index contributed by atoms with van der Waals surface area (Å²) < 4.78 is 84.0. The maximum Gasteiger partial charge on any atom is 0.397 e. The lowest BCUT2D eigenvalue weighted by molar-refractivity contribution is -0.336. The lowest BCUT2D eigenvalue weighted by Gasteiger charge is -2.43. The molecule has 0 aromatic carbocycles. The van der Waals surface area contributed by atoms with E-state index in [4.69, 9.17) is 42.1 Å². The second-order valence-electron chi connectivity index (χ2n) is 28.1. The summed E-state index contributed by atoms with van der Waals surface area (Å²) in [5.41, 5.74) is 1.28. The zero-order valence-electron chi connectivity index (χ0n) is 56.9. The molecule has 6 aliphatic rings. The van der Waals surface area contributed by atoms with Crippen LogP contribution in [0.4, 0.5) is 0 Å². The van der Waals surface area contributed by atoms with E-state index in [-0.39, 0.29) is 56.5 Å². The van der Waals surface area contributed by atoms with E-state index in [1.165, 1.54) is 25.3 Å². The highest BCUT2D eigenvalue weighted by molar-refractivity contribution is 7.80. The van der Waals surface area contributed by atoms with Gasteiger partial charge in [-0.1, -0.05) is 101 Å². The average Bonchev–Trinajstić information content (AvgIpc) is 1.18. The van der Waals surface area contributed by atoms with Gasteiger partial charge in [0, 0.05) is 44.9 Å². The van der Waals surface area contributed by atoms with Crippen molar-refractivity contribution >= 4 is 22.0 Å². The van der Waals surface area contributed by atoms with Crippen LogP contribution in [0.1, 0.15) is 207 Å². The van der Waals surface area contributed by atoms with Crippen molar-refractivity contribution in [3.8, 4) is 0 Å². The third kappa shape index (κ3) is 29.6. The highest BCUT2D eigenvalue weighted by Gasteiger charge is 2.50. The minimum atomic E-state index is -4.97. The van der Waals surface area contributed by atoms with Crippen molar-refractivity contribution in [3.63, 3.8) is 0 Å². The highest BCUT2D eigenvalue weighted by atomic mass is 32.3. The van der Waals surface area contributed by atoms with Crippen molar-refractivity contribution in [1.82, 2.24) is 0 Å². The molecule has 6 saturated heterocycles. The molecule has 0 unspecified atom stereocenters. The summed E-state index contributed by atoms with van der Waals surface area (Å²) in [7, 11) is -4.97. The number of hydrogen-bond donors (Lipinski definition) is 11. The van der Waals surface area contributed by atoms with Crippen molar-refractivity contribution in [2.75, 3.05) is 13.2 Å². The van der Waals surface area contributed by atoms with Crippen LogP contribution >= 0.6 is 0 Å². The van der Waals surface area contributed by atoms with Gasteiger partial charge >= 0.3 is 10.4 Å². The van der Waals surface area contributed by atoms with Gasteiger partial charge in [-0.3, -0.25) is 14.1 Å². The molecule has 0 aromatic rings. The van der Waals surface area contributed by atoms with Crippen LogP contribution < -0.4 is 0 Å². The van der Waals surface area contributed by atoms with E-state index in [1.54, 1.807) is 0 Å². The summed E-state index contributed by atoms with van der Waals surface area (Å²) in [6.07, 6.45) is 11.1. The molecule has 0 amide bonds. The summed E-state index contributed by atoms with van der Waals surface area (Å²) >= 11 is 0. The smallest absolute Gasteiger partial charge is 0.394 e. The molecule has 25 heteroatoms. The maximum absolute atomic E-state index is 13.5. The Bertz CT molecular complexity index is 2480. The largest absolute Gasteiger partial charge is 0.397 e. The maximum atomic E-state index is 13.5. The fourth-order valence-electron chi connectivity index (χ4n) is 13.5. The third-order valence-corrected chi connectivity index (χ3v) is 19.8.